The molecule has 9 heteroatoms. The van der Waals surface area contributed by atoms with E-state index in [0.29, 0.717) is 0 Å². The van der Waals surface area contributed by atoms with Gasteiger partial charge in [-0.05, 0) is 50.4 Å². The van der Waals surface area contributed by atoms with Crippen molar-refractivity contribution in [3.8, 4) is 12.1 Å². The lowest BCUT2D eigenvalue weighted by atomic mass is 9.88. The monoisotopic (exact) mass is 606 g/mol. The van der Waals surface area contributed by atoms with Gasteiger partial charge in [0.1, 0.15) is 22.1 Å². The number of methoxy groups -OCH3 is 1. The predicted octanol–water partition coefficient (Wildman–Crippen LogP) is 7.46. The largest absolute Gasteiger partial charge is 0.486 e. The number of nitrogens with zero attached hydrogens (tertiary/aromatic N) is 5. The summed E-state index contributed by atoms with van der Waals surface area (Å²) < 4.78 is 4.89. The zero-order valence-corrected chi connectivity index (χ0v) is 27.1. The second-order valence-electron chi connectivity index (χ2n) is 12.3. The molecule has 2 aromatic heterocycles. The molecule has 0 spiro atoms. The van der Waals surface area contributed by atoms with Crippen molar-refractivity contribution >= 4 is 39.1 Å². The summed E-state index contributed by atoms with van der Waals surface area (Å²) in [6, 6.07) is 4.75. The predicted molar refractivity (Wildman–Crippen MR) is 174 cm³/mol. The Morgan fingerprint density at radius 1 is 0.833 bits per heavy atom. The van der Waals surface area contributed by atoms with Gasteiger partial charge in [0.05, 0.1) is 18.2 Å². The summed E-state index contributed by atoms with van der Waals surface area (Å²) >= 11 is 3.42. The fourth-order valence-corrected chi connectivity index (χ4v) is 9.44. The van der Waals surface area contributed by atoms with Crippen LogP contribution in [0, 0.1) is 34.5 Å². The normalized spacial score (nSPS) is 20.2. The number of nitrogens with one attached hydrogen (secondary N) is 1. The molecule has 2 fully saturated rings. The Morgan fingerprint density at radius 3 is 1.86 bits per heavy atom. The highest BCUT2D eigenvalue weighted by Crippen LogP contribution is 2.39. The lowest BCUT2D eigenvalue weighted by Crippen LogP contribution is -2.34. The molecule has 42 heavy (non-hydrogen) atoms. The van der Waals surface area contributed by atoms with Crippen LogP contribution in [0.2, 0.25) is 0 Å². The molecule has 2 saturated carbocycles. The maximum Gasteiger partial charge on any atom is 0.175 e. The molecule has 0 unspecified atom stereocenters. The van der Waals surface area contributed by atoms with Gasteiger partial charge >= 0.3 is 0 Å². The summed E-state index contributed by atoms with van der Waals surface area (Å²) in [6.45, 7) is 6.59. The number of fused-ring (bicyclic) bond motifs is 2. The van der Waals surface area contributed by atoms with Crippen LogP contribution in [-0.2, 0) is 30.7 Å². The average molecular weight is 607 g/mol. The molecule has 4 aliphatic rings. The Hall–Kier alpha value is -2.43. The maximum atomic E-state index is 9.49. The van der Waals surface area contributed by atoms with E-state index in [0.717, 1.165) is 72.0 Å². The number of anilines is 1. The van der Waals surface area contributed by atoms with Gasteiger partial charge in [0.15, 0.2) is 6.40 Å². The molecule has 2 aliphatic carbocycles. The summed E-state index contributed by atoms with van der Waals surface area (Å²) in [5.74, 6) is 1.74. The molecular weight excluding hydrogens is 561 g/mol. The molecule has 0 radical (unpaired) electrons. The minimum Gasteiger partial charge on any atom is -0.486 e. The van der Waals surface area contributed by atoms with Crippen LogP contribution in [0.15, 0.2) is 4.99 Å². The summed E-state index contributed by atoms with van der Waals surface area (Å²) in [7, 11) is 3.49. The van der Waals surface area contributed by atoms with Crippen LogP contribution in [0.4, 0.5) is 10.0 Å². The van der Waals surface area contributed by atoms with Crippen molar-refractivity contribution in [3.63, 3.8) is 0 Å². The first-order valence-electron chi connectivity index (χ1n) is 15.9. The van der Waals surface area contributed by atoms with Gasteiger partial charge in [0, 0.05) is 67.2 Å². The molecule has 0 saturated heterocycles. The van der Waals surface area contributed by atoms with Crippen LogP contribution >= 0.6 is 22.7 Å². The molecule has 0 amide bonds. The van der Waals surface area contributed by atoms with Crippen LogP contribution < -0.4 is 5.32 Å². The number of thiophene rings is 2. The van der Waals surface area contributed by atoms with Gasteiger partial charge in [0.25, 0.3) is 0 Å². The first-order chi connectivity index (χ1) is 20.6. The minimum atomic E-state index is 0.752. The van der Waals surface area contributed by atoms with Crippen molar-refractivity contribution in [2.75, 3.05) is 45.7 Å². The smallest absolute Gasteiger partial charge is 0.175 e. The lowest BCUT2D eigenvalue weighted by Gasteiger charge is -2.32. The van der Waals surface area contributed by atoms with Gasteiger partial charge in [0.2, 0.25) is 0 Å². The summed E-state index contributed by atoms with van der Waals surface area (Å²) in [5.41, 5.74) is 4.14. The van der Waals surface area contributed by atoms with E-state index >= 15 is 0 Å². The van der Waals surface area contributed by atoms with Gasteiger partial charge in [-0.3, -0.25) is 9.80 Å². The van der Waals surface area contributed by atoms with Crippen LogP contribution in [0.1, 0.15) is 96.2 Å². The van der Waals surface area contributed by atoms with Crippen molar-refractivity contribution in [1.29, 1.82) is 10.5 Å². The molecule has 7 nitrogen and oxygen atoms in total. The Labute approximate surface area is 260 Å². The molecule has 2 aromatic rings. The Balaban J connectivity index is 0.000000169. The lowest BCUT2D eigenvalue weighted by molar-refractivity contribution is 0.188. The van der Waals surface area contributed by atoms with Crippen molar-refractivity contribution in [3.05, 3.63) is 32.0 Å². The fraction of sp³-hybridized carbons (Fsp3) is 0.667. The third-order valence-corrected chi connectivity index (χ3v) is 12.0. The SMILES string of the molecule is CNc1sc2c(c1C#N)CN(CC1CCCCC1)CC2.COC=Nc1sc2c(c1C#N)CN(CC1CCCCC1)CC2. The van der Waals surface area contributed by atoms with Crippen molar-refractivity contribution < 1.29 is 4.74 Å². The summed E-state index contributed by atoms with van der Waals surface area (Å²) in [6.07, 6.45) is 17.6. The molecule has 2 aliphatic heterocycles. The third kappa shape index (κ3) is 7.55. The van der Waals surface area contributed by atoms with Gasteiger partial charge in [-0.1, -0.05) is 38.5 Å². The highest BCUT2D eigenvalue weighted by atomic mass is 32.1. The summed E-state index contributed by atoms with van der Waals surface area (Å²) in [5, 5.41) is 23.9. The van der Waals surface area contributed by atoms with Gasteiger partial charge in [-0.15, -0.1) is 22.7 Å². The zero-order valence-electron chi connectivity index (χ0n) is 25.4. The number of aliphatic imine (C=N–C) groups is 1. The second kappa shape index (κ2) is 15.3. The quantitative estimate of drug-likeness (QED) is 0.260. The van der Waals surface area contributed by atoms with Crippen LogP contribution in [0.5, 0.6) is 0 Å². The zero-order chi connectivity index (χ0) is 29.3. The van der Waals surface area contributed by atoms with E-state index in [2.05, 4.69) is 32.2 Å². The topological polar surface area (TPSA) is 87.7 Å². The van der Waals surface area contributed by atoms with E-state index in [1.807, 2.05) is 7.05 Å². The Bertz CT molecular complexity index is 1290. The first-order valence-corrected chi connectivity index (χ1v) is 17.5. The van der Waals surface area contributed by atoms with E-state index in [-0.39, 0.29) is 0 Å². The Kier molecular flexibility index (Phi) is 11.3. The molecule has 6 rings (SSSR count). The van der Waals surface area contributed by atoms with E-state index in [1.54, 1.807) is 29.8 Å². The molecular formula is C33H46N6OS2. The third-order valence-electron chi connectivity index (χ3n) is 9.44. The molecule has 1 N–H and O–H groups in total. The molecule has 0 bridgehead atoms. The fourth-order valence-electron chi connectivity index (χ4n) is 7.26. The second-order valence-corrected chi connectivity index (χ2v) is 14.5. The van der Waals surface area contributed by atoms with Crippen LogP contribution in [-0.4, -0.2) is 56.5 Å². The van der Waals surface area contributed by atoms with Gasteiger partial charge in [-0.2, -0.15) is 10.5 Å². The van der Waals surface area contributed by atoms with Gasteiger partial charge in [-0.25, -0.2) is 4.99 Å². The highest BCUT2D eigenvalue weighted by molar-refractivity contribution is 7.16. The highest BCUT2D eigenvalue weighted by Gasteiger charge is 2.28. The van der Waals surface area contributed by atoms with Crippen molar-refractivity contribution in [2.45, 2.75) is 90.1 Å². The molecule has 4 heterocycles. The maximum absolute atomic E-state index is 9.49. The number of hydrogen-bond donors (Lipinski definition) is 1. The van der Waals surface area contributed by atoms with Crippen molar-refractivity contribution in [1.82, 2.24) is 9.80 Å². The van der Waals surface area contributed by atoms with Gasteiger partial charge < -0.3 is 10.1 Å². The van der Waals surface area contributed by atoms with E-state index in [9.17, 15) is 10.5 Å². The van der Waals surface area contributed by atoms with Crippen molar-refractivity contribution in [2.24, 2.45) is 16.8 Å². The standard InChI is InChI=1S/C17H23N3OS.C16H23N3S/c1-21-12-19-17-14(9-18)15-11-20(8-7-16(15)22-17)10-13-5-3-2-4-6-13;1-18-16-13(9-17)14-11-19(8-7-15(14)20-16)10-12-5-3-2-4-6-12/h12-13H,2-8,10-11H2,1H3;12,18H,2-8,10-11H2,1H3. The summed E-state index contributed by atoms with van der Waals surface area (Å²) in [4.78, 5) is 12.1. The number of rotatable bonds is 7. The van der Waals surface area contributed by atoms with Crippen LogP contribution in [0.3, 0.4) is 0 Å². The van der Waals surface area contributed by atoms with Crippen LogP contribution in [0.25, 0.3) is 0 Å². The van der Waals surface area contributed by atoms with E-state index < -0.39 is 0 Å². The molecule has 226 valence electrons. The minimum absolute atomic E-state index is 0.752. The number of hydrogen-bond acceptors (Lipinski definition) is 9. The first kappa shape index (κ1) is 31.0. The number of nitriles is 2. The molecule has 0 aromatic carbocycles. The molecule has 0 atom stereocenters. The van der Waals surface area contributed by atoms with E-state index in [1.165, 1.54) is 105 Å². The van der Waals surface area contributed by atoms with E-state index in [4.69, 9.17) is 4.74 Å². The average Bonchev–Trinajstić information content (AvgIpc) is 3.57. The number of ether oxygens (including phenoxy) is 1. The Morgan fingerprint density at radius 2 is 1.36 bits per heavy atom.